The quantitative estimate of drug-likeness (QED) is 0.701. The van der Waals surface area contributed by atoms with Crippen molar-refractivity contribution in [3.05, 3.63) is 35.4 Å². The second-order valence-corrected chi connectivity index (χ2v) is 6.22. The van der Waals surface area contributed by atoms with E-state index in [1.165, 1.54) is 16.0 Å². The van der Waals surface area contributed by atoms with Crippen LogP contribution in [0.2, 0.25) is 0 Å². The Morgan fingerprint density at radius 3 is 2.80 bits per heavy atom. The molecule has 2 atom stereocenters. The summed E-state index contributed by atoms with van der Waals surface area (Å²) in [6, 6.07) is 8.51. The summed E-state index contributed by atoms with van der Waals surface area (Å²) >= 11 is 1.59. The molecule has 2 heterocycles. The van der Waals surface area contributed by atoms with Crippen molar-refractivity contribution in [2.24, 2.45) is 5.10 Å². The summed E-state index contributed by atoms with van der Waals surface area (Å²) in [7, 11) is 0. The van der Waals surface area contributed by atoms with Crippen LogP contribution in [0.5, 0.6) is 0 Å². The zero-order valence-electron chi connectivity index (χ0n) is 11.7. The Morgan fingerprint density at radius 2 is 2.10 bits per heavy atom. The number of benzene rings is 1. The van der Waals surface area contributed by atoms with Crippen LogP contribution in [0.1, 0.15) is 18.1 Å². The fourth-order valence-corrected chi connectivity index (χ4v) is 3.57. The molecule has 0 fully saturated rings. The van der Waals surface area contributed by atoms with E-state index in [0.29, 0.717) is 5.71 Å². The molecular weight excluding hydrogens is 272 g/mol. The van der Waals surface area contributed by atoms with E-state index in [1.807, 2.05) is 6.26 Å². The van der Waals surface area contributed by atoms with Gasteiger partial charge in [-0.15, -0.1) is 0 Å². The van der Waals surface area contributed by atoms with Crippen LogP contribution in [0.4, 0.5) is 0 Å². The first-order chi connectivity index (χ1) is 9.64. The number of amides is 1. The standard InChI is InChI=1S/C14H18N4OS/c1-10-13(19)15-14(20-2,17-16-10)18-8-7-11-5-3-4-6-12(11)9-18/h3-6,17H,7-9H2,1-2H3,(H,15,19)/p+1/t14-/m1/s1. The van der Waals surface area contributed by atoms with Crippen molar-refractivity contribution >= 4 is 23.4 Å². The number of hydrogen-bond acceptors (Lipinski definition) is 4. The van der Waals surface area contributed by atoms with Crippen LogP contribution in [-0.2, 0) is 17.8 Å². The van der Waals surface area contributed by atoms with Crippen LogP contribution in [0.3, 0.4) is 0 Å². The molecule has 0 aliphatic carbocycles. The van der Waals surface area contributed by atoms with Gasteiger partial charge in [-0.05, 0) is 30.5 Å². The zero-order valence-corrected chi connectivity index (χ0v) is 12.5. The fraction of sp³-hybridized carbons (Fsp3) is 0.429. The van der Waals surface area contributed by atoms with Gasteiger partial charge in [0, 0.05) is 12.0 Å². The Labute approximate surface area is 122 Å². The third kappa shape index (κ3) is 2.19. The van der Waals surface area contributed by atoms with E-state index in [2.05, 4.69) is 40.1 Å². The maximum atomic E-state index is 11.9. The largest absolute Gasteiger partial charge is 0.317 e. The molecule has 1 aromatic carbocycles. The van der Waals surface area contributed by atoms with Crippen molar-refractivity contribution in [1.29, 1.82) is 0 Å². The van der Waals surface area contributed by atoms with Gasteiger partial charge in [-0.3, -0.25) is 15.0 Å². The first kappa shape index (κ1) is 13.5. The lowest BCUT2D eigenvalue weighted by atomic mass is 10.00. The number of fused-ring (bicyclic) bond motifs is 1. The van der Waals surface area contributed by atoms with E-state index in [0.717, 1.165) is 19.5 Å². The summed E-state index contributed by atoms with van der Waals surface area (Å²) in [5, 5.41) is 6.69. The van der Waals surface area contributed by atoms with E-state index >= 15 is 0 Å². The van der Waals surface area contributed by atoms with Crippen LogP contribution in [-0.4, -0.2) is 29.5 Å². The topological polar surface area (TPSA) is 57.9 Å². The predicted octanol–water partition coefficient (Wildman–Crippen LogP) is -0.303. The molecule has 0 radical (unpaired) electrons. The SMILES string of the molecule is CS[C@@]1([NH+]2CCc3ccccc3C2)NN=C(C)C(=O)N1. The first-order valence-electron chi connectivity index (χ1n) is 6.76. The van der Waals surface area contributed by atoms with Gasteiger partial charge in [-0.2, -0.15) is 5.10 Å². The highest BCUT2D eigenvalue weighted by Crippen LogP contribution is 2.17. The average molecular weight is 291 g/mol. The highest BCUT2D eigenvalue weighted by Gasteiger charge is 2.46. The number of thioether (sulfide) groups is 1. The van der Waals surface area contributed by atoms with Gasteiger partial charge in [0.05, 0.1) is 6.54 Å². The normalized spacial score (nSPS) is 29.0. The van der Waals surface area contributed by atoms with E-state index in [-0.39, 0.29) is 5.91 Å². The molecule has 2 aliphatic heterocycles. The second-order valence-electron chi connectivity index (χ2n) is 5.20. The number of rotatable bonds is 2. The minimum Gasteiger partial charge on any atom is -0.280 e. The molecule has 2 aliphatic rings. The van der Waals surface area contributed by atoms with Crippen molar-refractivity contribution in [1.82, 2.24) is 10.7 Å². The minimum absolute atomic E-state index is 0.0931. The summed E-state index contributed by atoms with van der Waals surface area (Å²) < 4.78 is 0. The Hall–Kier alpha value is -1.53. The number of carbonyl (C=O) groups is 1. The average Bonchev–Trinajstić information content (AvgIpc) is 2.50. The minimum atomic E-state index is -0.565. The van der Waals surface area contributed by atoms with Gasteiger partial charge in [0.1, 0.15) is 12.3 Å². The summed E-state index contributed by atoms with van der Waals surface area (Å²) in [4.78, 5) is 13.2. The van der Waals surface area contributed by atoms with Gasteiger partial charge >= 0.3 is 5.12 Å². The molecule has 0 saturated heterocycles. The lowest BCUT2D eigenvalue weighted by Gasteiger charge is -2.42. The number of carbonyl (C=O) groups excluding carboxylic acids is 1. The summed E-state index contributed by atoms with van der Waals surface area (Å²) in [5.74, 6) is -0.0931. The van der Waals surface area contributed by atoms with Gasteiger partial charge in [-0.1, -0.05) is 24.3 Å². The van der Waals surface area contributed by atoms with Gasteiger partial charge in [0.2, 0.25) is 0 Å². The molecular formula is C14H19N4OS+. The van der Waals surface area contributed by atoms with Gasteiger partial charge < -0.3 is 0 Å². The molecule has 106 valence electrons. The van der Waals surface area contributed by atoms with Crippen LogP contribution >= 0.6 is 11.8 Å². The van der Waals surface area contributed by atoms with Gasteiger partial charge in [0.25, 0.3) is 5.91 Å². The second kappa shape index (κ2) is 5.10. The molecule has 1 unspecified atom stereocenters. The van der Waals surface area contributed by atoms with E-state index in [4.69, 9.17) is 0 Å². The van der Waals surface area contributed by atoms with Crippen LogP contribution in [0.15, 0.2) is 29.4 Å². The molecule has 20 heavy (non-hydrogen) atoms. The first-order valence-corrected chi connectivity index (χ1v) is 7.98. The Kier molecular flexibility index (Phi) is 3.43. The maximum absolute atomic E-state index is 11.9. The van der Waals surface area contributed by atoms with E-state index in [1.54, 1.807) is 18.7 Å². The lowest BCUT2D eigenvalue weighted by Crippen LogP contribution is -3.23. The summed E-state index contributed by atoms with van der Waals surface area (Å²) in [5.41, 5.74) is 6.39. The molecule has 6 heteroatoms. The van der Waals surface area contributed by atoms with E-state index < -0.39 is 5.12 Å². The molecule has 0 spiro atoms. The van der Waals surface area contributed by atoms with Crippen LogP contribution in [0.25, 0.3) is 0 Å². The third-order valence-corrected chi connectivity index (χ3v) is 5.12. The van der Waals surface area contributed by atoms with Crippen LogP contribution in [0, 0.1) is 0 Å². The number of nitrogens with one attached hydrogen (secondary N) is 3. The Bertz CT molecular complexity index is 574. The number of quaternary nitrogens is 1. The van der Waals surface area contributed by atoms with Crippen molar-refractivity contribution in [2.45, 2.75) is 25.0 Å². The van der Waals surface area contributed by atoms with Crippen molar-refractivity contribution in [3.63, 3.8) is 0 Å². The monoisotopic (exact) mass is 291 g/mol. The number of nitrogens with zero attached hydrogens (tertiary/aromatic N) is 1. The Morgan fingerprint density at radius 1 is 1.35 bits per heavy atom. The highest BCUT2D eigenvalue weighted by atomic mass is 32.2. The zero-order chi connectivity index (χ0) is 14.2. The lowest BCUT2D eigenvalue weighted by molar-refractivity contribution is -0.956. The van der Waals surface area contributed by atoms with Crippen molar-refractivity contribution in [2.75, 3.05) is 12.8 Å². The molecule has 3 N–H and O–H groups in total. The fourth-order valence-electron chi connectivity index (χ4n) is 2.78. The number of hydrogen-bond donors (Lipinski definition) is 3. The molecule has 1 amide bonds. The van der Waals surface area contributed by atoms with Gasteiger partial charge in [-0.25, -0.2) is 5.43 Å². The van der Waals surface area contributed by atoms with Crippen LogP contribution < -0.4 is 15.6 Å². The molecule has 5 nitrogen and oxygen atoms in total. The van der Waals surface area contributed by atoms with E-state index in [9.17, 15) is 4.79 Å². The molecule has 1 aromatic rings. The predicted molar refractivity (Wildman–Crippen MR) is 80.3 cm³/mol. The maximum Gasteiger partial charge on any atom is 0.317 e. The molecule has 0 saturated carbocycles. The summed E-state index contributed by atoms with van der Waals surface area (Å²) in [6.07, 6.45) is 3.02. The van der Waals surface area contributed by atoms with Gasteiger partial charge in [0.15, 0.2) is 0 Å². The number of hydrazone groups is 1. The molecule has 0 aromatic heterocycles. The highest BCUT2D eigenvalue weighted by molar-refractivity contribution is 7.99. The van der Waals surface area contributed by atoms with Crippen molar-refractivity contribution < 1.29 is 9.69 Å². The molecule has 3 rings (SSSR count). The van der Waals surface area contributed by atoms with Crippen molar-refractivity contribution in [3.8, 4) is 0 Å². The molecule has 0 bridgehead atoms. The smallest absolute Gasteiger partial charge is 0.280 e. The summed E-state index contributed by atoms with van der Waals surface area (Å²) in [6.45, 7) is 3.58. The third-order valence-electron chi connectivity index (χ3n) is 4.02. The Balaban J connectivity index is 1.87.